The summed E-state index contributed by atoms with van der Waals surface area (Å²) in [5.74, 6) is -3.00. The second kappa shape index (κ2) is 3.31. The number of thiocarbonyl (C=S) groups is 1. The molecule has 0 radical (unpaired) electrons. The molecule has 0 aromatic rings. The van der Waals surface area contributed by atoms with Gasteiger partial charge in [0.2, 0.25) is 5.78 Å². The summed E-state index contributed by atoms with van der Waals surface area (Å²) in [7, 11) is 0. The molecular weight excluding hydrogens is 249 g/mol. The van der Waals surface area contributed by atoms with E-state index in [0.717, 1.165) is 6.42 Å². The number of alkyl halides is 3. The molecule has 5 heteroatoms. The molecule has 2 bridgehead atoms. The van der Waals surface area contributed by atoms with Crippen LogP contribution in [0.4, 0.5) is 13.2 Å². The smallest absolute Gasteiger partial charge is 0.289 e. The summed E-state index contributed by atoms with van der Waals surface area (Å²) in [6, 6.07) is 0. The first-order valence-corrected chi connectivity index (χ1v) is 6.09. The summed E-state index contributed by atoms with van der Waals surface area (Å²) in [4.78, 5) is 11.8. The van der Waals surface area contributed by atoms with Crippen LogP contribution in [-0.4, -0.2) is 16.8 Å². The first-order chi connectivity index (χ1) is 7.53. The van der Waals surface area contributed by atoms with Crippen molar-refractivity contribution in [1.82, 2.24) is 0 Å². The Bertz CT molecular complexity index is 399. The van der Waals surface area contributed by atoms with Crippen LogP contribution in [-0.2, 0) is 4.79 Å². The highest BCUT2D eigenvalue weighted by atomic mass is 32.1. The highest BCUT2D eigenvalue weighted by Gasteiger charge is 2.67. The van der Waals surface area contributed by atoms with Crippen molar-refractivity contribution in [2.24, 2.45) is 22.7 Å². The number of ketones is 1. The molecule has 2 aliphatic rings. The number of carbonyl (C=O) groups is 1. The molecule has 0 aliphatic heterocycles. The molecule has 0 saturated heterocycles. The van der Waals surface area contributed by atoms with Gasteiger partial charge in [-0.25, -0.2) is 0 Å². The third kappa shape index (κ3) is 1.44. The van der Waals surface area contributed by atoms with Gasteiger partial charge in [0.25, 0.3) is 0 Å². The van der Waals surface area contributed by atoms with Crippen LogP contribution in [0.1, 0.15) is 33.6 Å². The van der Waals surface area contributed by atoms with E-state index in [4.69, 9.17) is 12.2 Å². The summed E-state index contributed by atoms with van der Waals surface area (Å²) in [6.45, 7) is 5.76. The lowest BCUT2D eigenvalue weighted by Gasteiger charge is -2.34. The van der Waals surface area contributed by atoms with E-state index in [0.29, 0.717) is 11.3 Å². The van der Waals surface area contributed by atoms with E-state index < -0.39 is 23.3 Å². The Morgan fingerprint density at radius 2 is 1.88 bits per heavy atom. The van der Waals surface area contributed by atoms with Gasteiger partial charge in [0, 0.05) is 10.3 Å². The maximum atomic E-state index is 12.6. The number of Topliss-reactive ketones (excluding diaryl/α,β-unsaturated/α-hetero) is 1. The SMILES string of the molecule is CC12CCC(C(C(=O)C(F)(F)F)C1=S)C2(C)C. The van der Waals surface area contributed by atoms with Crippen molar-refractivity contribution < 1.29 is 18.0 Å². The van der Waals surface area contributed by atoms with Crippen LogP contribution < -0.4 is 0 Å². The lowest BCUT2D eigenvalue weighted by atomic mass is 9.71. The van der Waals surface area contributed by atoms with Gasteiger partial charge in [-0.15, -0.1) is 0 Å². The number of rotatable bonds is 1. The molecule has 3 atom stereocenters. The van der Waals surface area contributed by atoms with Crippen molar-refractivity contribution in [2.75, 3.05) is 0 Å². The molecular formula is C12H15F3OS. The Hall–Kier alpha value is -0.450. The second-order valence-corrected chi connectivity index (χ2v) is 6.34. The molecule has 17 heavy (non-hydrogen) atoms. The molecule has 2 rings (SSSR count). The van der Waals surface area contributed by atoms with Crippen LogP contribution in [0.2, 0.25) is 0 Å². The number of hydrogen-bond donors (Lipinski definition) is 0. The third-order valence-electron chi connectivity index (χ3n) is 5.09. The van der Waals surface area contributed by atoms with Crippen LogP contribution >= 0.6 is 12.2 Å². The van der Waals surface area contributed by atoms with E-state index in [2.05, 4.69) is 0 Å². The predicted molar refractivity (Wildman–Crippen MR) is 61.8 cm³/mol. The maximum absolute atomic E-state index is 12.6. The zero-order valence-corrected chi connectivity index (χ0v) is 10.8. The molecule has 1 nitrogen and oxygen atoms in total. The molecule has 96 valence electrons. The van der Waals surface area contributed by atoms with Crippen LogP contribution in [0.15, 0.2) is 0 Å². The molecule has 0 heterocycles. The lowest BCUT2D eigenvalue weighted by molar-refractivity contribution is -0.175. The van der Waals surface area contributed by atoms with E-state index >= 15 is 0 Å². The average molecular weight is 264 g/mol. The summed E-state index contributed by atoms with van der Waals surface area (Å²) >= 11 is 5.18. The fourth-order valence-corrected chi connectivity index (χ4v) is 4.20. The highest BCUT2D eigenvalue weighted by molar-refractivity contribution is 7.80. The Morgan fingerprint density at radius 1 is 1.35 bits per heavy atom. The van der Waals surface area contributed by atoms with Gasteiger partial charge >= 0.3 is 6.18 Å². The van der Waals surface area contributed by atoms with E-state index in [-0.39, 0.29) is 11.3 Å². The largest absolute Gasteiger partial charge is 0.450 e. The van der Waals surface area contributed by atoms with Crippen LogP contribution in [0.5, 0.6) is 0 Å². The summed E-state index contributed by atoms with van der Waals surface area (Å²) in [5.41, 5.74) is -0.714. The number of halogens is 3. The Morgan fingerprint density at radius 3 is 2.24 bits per heavy atom. The van der Waals surface area contributed by atoms with Crippen molar-refractivity contribution in [2.45, 2.75) is 39.8 Å². The van der Waals surface area contributed by atoms with Crippen molar-refractivity contribution in [3.05, 3.63) is 0 Å². The number of carbonyl (C=O) groups excluding carboxylic acids is 1. The van der Waals surface area contributed by atoms with Crippen LogP contribution in [0.3, 0.4) is 0 Å². The number of hydrogen-bond acceptors (Lipinski definition) is 2. The maximum Gasteiger partial charge on any atom is 0.450 e. The van der Waals surface area contributed by atoms with Crippen LogP contribution in [0.25, 0.3) is 0 Å². The van der Waals surface area contributed by atoms with E-state index in [9.17, 15) is 18.0 Å². The number of fused-ring (bicyclic) bond motifs is 2. The van der Waals surface area contributed by atoms with Crippen LogP contribution in [0, 0.1) is 22.7 Å². The Labute approximate surface area is 104 Å². The molecule has 0 amide bonds. The van der Waals surface area contributed by atoms with Gasteiger partial charge in [0.15, 0.2) is 0 Å². The fraction of sp³-hybridized carbons (Fsp3) is 0.833. The minimum atomic E-state index is -4.77. The predicted octanol–water partition coefficient (Wildman–Crippen LogP) is 3.56. The molecule has 0 spiro atoms. The molecule has 3 unspecified atom stereocenters. The molecule has 0 aromatic carbocycles. The van der Waals surface area contributed by atoms with Gasteiger partial charge < -0.3 is 0 Å². The zero-order valence-electron chi connectivity index (χ0n) is 10.0. The van der Waals surface area contributed by atoms with Crippen molar-refractivity contribution >= 4 is 22.9 Å². The van der Waals surface area contributed by atoms with Crippen molar-refractivity contribution in [3.63, 3.8) is 0 Å². The first-order valence-electron chi connectivity index (χ1n) is 5.69. The van der Waals surface area contributed by atoms with Gasteiger partial charge in [0.1, 0.15) is 0 Å². The lowest BCUT2D eigenvalue weighted by Crippen LogP contribution is -2.39. The normalized spacial score (nSPS) is 39.8. The molecule has 2 aliphatic carbocycles. The topological polar surface area (TPSA) is 17.1 Å². The third-order valence-corrected chi connectivity index (χ3v) is 5.80. The first kappa shape index (κ1) is 13.0. The summed E-state index contributed by atoms with van der Waals surface area (Å²) in [6.07, 6.45) is -3.31. The van der Waals surface area contributed by atoms with E-state index in [1.165, 1.54) is 0 Å². The standard InChI is InChI=1S/C12H15F3OS/c1-10(2)6-4-5-11(10,3)9(17)7(6)8(16)12(13,14)15/h6-7H,4-5H2,1-3H3. The molecule has 0 aromatic heterocycles. The van der Waals surface area contributed by atoms with Gasteiger partial charge in [-0.3, -0.25) is 4.79 Å². The van der Waals surface area contributed by atoms with Crippen molar-refractivity contribution in [1.29, 1.82) is 0 Å². The molecule has 0 N–H and O–H groups in total. The fourth-order valence-electron chi connectivity index (χ4n) is 3.56. The molecule has 2 saturated carbocycles. The highest BCUT2D eigenvalue weighted by Crippen LogP contribution is 2.66. The minimum absolute atomic E-state index is 0.255. The van der Waals surface area contributed by atoms with Gasteiger partial charge in [0.05, 0.1) is 5.92 Å². The van der Waals surface area contributed by atoms with E-state index in [1.54, 1.807) is 0 Å². The monoisotopic (exact) mass is 264 g/mol. The second-order valence-electron chi connectivity index (χ2n) is 5.90. The van der Waals surface area contributed by atoms with Gasteiger partial charge in [-0.1, -0.05) is 33.0 Å². The summed E-state index contributed by atoms with van der Waals surface area (Å²) in [5, 5.41) is 0. The Kier molecular flexibility index (Phi) is 2.53. The zero-order chi connectivity index (χ0) is 13.2. The van der Waals surface area contributed by atoms with Crippen molar-refractivity contribution in [3.8, 4) is 0 Å². The van der Waals surface area contributed by atoms with Gasteiger partial charge in [-0.2, -0.15) is 13.2 Å². The Balaban J connectivity index is 2.42. The quantitative estimate of drug-likeness (QED) is 0.674. The average Bonchev–Trinajstić information content (AvgIpc) is 2.47. The summed E-state index contributed by atoms with van der Waals surface area (Å²) < 4.78 is 37.7. The minimum Gasteiger partial charge on any atom is -0.289 e. The van der Waals surface area contributed by atoms with Gasteiger partial charge in [-0.05, 0) is 24.2 Å². The van der Waals surface area contributed by atoms with E-state index in [1.807, 2.05) is 20.8 Å². The molecule has 2 fully saturated rings.